The lowest BCUT2D eigenvalue weighted by molar-refractivity contribution is -0.121. The van der Waals surface area contributed by atoms with Gasteiger partial charge in [-0.2, -0.15) is 0 Å². The molecule has 0 radical (unpaired) electrons. The highest BCUT2D eigenvalue weighted by molar-refractivity contribution is 5.86. The standard InChI is InChI=1S/C13H20N2O3/c1-10(2)5-3-7-14-12(16)9-15-8-4-6-11(15)13(17)18/h4,6,8,10H,3,5,7,9H2,1-2H3,(H,14,16)(H,17,18). The molecule has 0 aromatic carbocycles. The van der Waals surface area contributed by atoms with Gasteiger partial charge in [0.25, 0.3) is 0 Å². The minimum Gasteiger partial charge on any atom is -0.477 e. The Kier molecular flexibility index (Phi) is 5.42. The van der Waals surface area contributed by atoms with Crippen LogP contribution in [-0.4, -0.2) is 28.1 Å². The number of aromatic carboxylic acids is 1. The summed E-state index contributed by atoms with van der Waals surface area (Å²) in [5.41, 5.74) is 0.132. The highest BCUT2D eigenvalue weighted by atomic mass is 16.4. The predicted molar refractivity (Wildman–Crippen MR) is 68.5 cm³/mol. The van der Waals surface area contributed by atoms with Crippen molar-refractivity contribution in [2.75, 3.05) is 6.54 Å². The van der Waals surface area contributed by atoms with E-state index >= 15 is 0 Å². The zero-order valence-electron chi connectivity index (χ0n) is 10.8. The molecule has 0 unspecified atom stereocenters. The zero-order chi connectivity index (χ0) is 13.5. The fourth-order valence-corrected chi connectivity index (χ4v) is 1.69. The maximum Gasteiger partial charge on any atom is 0.352 e. The smallest absolute Gasteiger partial charge is 0.352 e. The molecule has 5 nitrogen and oxygen atoms in total. The van der Waals surface area contributed by atoms with E-state index in [1.807, 2.05) is 0 Å². The fraction of sp³-hybridized carbons (Fsp3) is 0.538. The molecule has 0 fully saturated rings. The molecule has 1 rings (SSSR count). The lowest BCUT2D eigenvalue weighted by Crippen LogP contribution is -2.29. The Morgan fingerprint density at radius 2 is 2.17 bits per heavy atom. The number of carbonyl (C=O) groups excluding carboxylic acids is 1. The average Bonchev–Trinajstić information content (AvgIpc) is 2.72. The highest BCUT2D eigenvalue weighted by Gasteiger charge is 2.11. The van der Waals surface area contributed by atoms with Crippen LogP contribution in [0.3, 0.4) is 0 Å². The molecule has 1 heterocycles. The second-order valence-electron chi connectivity index (χ2n) is 4.71. The largest absolute Gasteiger partial charge is 0.477 e. The van der Waals surface area contributed by atoms with Gasteiger partial charge in [0.2, 0.25) is 5.91 Å². The van der Waals surface area contributed by atoms with Crippen LogP contribution in [0.5, 0.6) is 0 Å². The van der Waals surface area contributed by atoms with Gasteiger partial charge in [0.1, 0.15) is 12.2 Å². The van der Waals surface area contributed by atoms with Crippen LogP contribution < -0.4 is 5.32 Å². The summed E-state index contributed by atoms with van der Waals surface area (Å²) in [6.07, 6.45) is 3.61. The minimum atomic E-state index is -1.02. The van der Waals surface area contributed by atoms with Crippen molar-refractivity contribution in [1.82, 2.24) is 9.88 Å². The number of carboxylic acid groups (broad SMARTS) is 1. The SMILES string of the molecule is CC(C)CCCNC(=O)Cn1cccc1C(=O)O. The van der Waals surface area contributed by atoms with E-state index in [1.54, 1.807) is 12.3 Å². The molecule has 0 aliphatic heterocycles. The van der Waals surface area contributed by atoms with Crippen LogP contribution >= 0.6 is 0 Å². The quantitative estimate of drug-likeness (QED) is 0.726. The van der Waals surface area contributed by atoms with Crippen molar-refractivity contribution in [1.29, 1.82) is 0 Å². The Morgan fingerprint density at radius 1 is 1.44 bits per heavy atom. The van der Waals surface area contributed by atoms with Crippen LogP contribution in [0.2, 0.25) is 0 Å². The van der Waals surface area contributed by atoms with Crippen molar-refractivity contribution in [2.45, 2.75) is 33.2 Å². The van der Waals surface area contributed by atoms with Crippen molar-refractivity contribution in [2.24, 2.45) is 5.92 Å². The van der Waals surface area contributed by atoms with Crippen LogP contribution in [0, 0.1) is 5.92 Å². The average molecular weight is 252 g/mol. The monoisotopic (exact) mass is 252 g/mol. The second-order valence-corrected chi connectivity index (χ2v) is 4.71. The summed E-state index contributed by atoms with van der Waals surface area (Å²) < 4.78 is 1.43. The summed E-state index contributed by atoms with van der Waals surface area (Å²) in [5, 5.41) is 11.7. The molecular weight excluding hydrogens is 232 g/mol. The Morgan fingerprint density at radius 3 is 2.78 bits per heavy atom. The van der Waals surface area contributed by atoms with Crippen molar-refractivity contribution < 1.29 is 14.7 Å². The van der Waals surface area contributed by atoms with Crippen LogP contribution in [0.25, 0.3) is 0 Å². The first-order chi connectivity index (χ1) is 8.50. The van der Waals surface area contributed by atoms with Gasteiger partial charge >= 0.3 is 5.97 Å². The maximum atomic E-state index is 11.6. The van der Waals surface area contributed by atoms with E-state index in [4.69, 9.17) is 5.11 Å². The third kappa shape index (κ3) is 4.61. The lowest BCUT2D eigenvalue weighted by atomic mass is 10.1. The molecule has 0 saturated carbocycles. The summed E-state index contributed by atoms with van der Waals surface area (Å²) in [5.74, 6) is -0.546. The van der Waals surface area contributed by atoms with Gasteiger partial charge in [0.05, 0.1) is 0 Å². The normalized spacial score (nSPS) is 10.6. The van der Waals surface area contributed by atoms with Crippen LogP contribution in [-0.2, 0) is 11.3 Å². The number of nitrogens with zero attached hydrogens (tertiary/aromatic N) is 1. The van der Waals surface area contributed by atoms with E-state index in [2.05, 4.69) is 19.2 Å². The fourth-order valence-electron chi connectivity index (χ4n) is 1.69. The third-order valence-corrected chi connectivity index (χ3v) is 2.64. The molecule has 0 aliphatic carbocycles. The molecule has 0 spiro atoms. The number of hydrogen-bond donors (Lipinski definition) is 2. The molecule has 1 amide bonds. The van der Waals surface area contributed by atoms with E-state index in [1.165, 1.54) is 10.6 Å². The maximum absolute atomic E-state index is 11.6. The van der Waals surface area contributed by atoms with E-state index in [0.717, 1.165) is 12.8 Å². The van der Waals surface area contributed by atoms with Gasteiger partial charge < -0.3 is 15.0 Å². The molecule has 100 valence electrons. The van der Waals surface area contributed by atoms with Gasteiger partial charge in [0, 0.05) is 12.7 Å². The number of carboxylic acids is 1. The van der Waals surface area contributed by atoms with E-state index < -0.39 is 5.97 Å². The van der Waals surface area contributed by atoms with Crippen LogP contribution in [0.15, 0.2) is 18.3 Å². The van der Waals surface area contributed by atoms with E-state index in [-0.39, 0.29) is 18.1 Å². The van der Waals surface area contributed by atoms with Crippen molar-refractivity contribution in [3.8, 4) is 0 Å². The van der Waals surface area contributed by atoms with Crippen LogP contribution in [0.4, 0.5) is 0 Å². The molecular formula is C13H20N2O3. The number of aromatic nitrogens is 1. The molecule has 0 aliphatic rings. The number of nitrogens with one attached hydrogen (secondary N) is 1. The molecule has 1 aromatic heterocycles. The molecule has 1 aromatic rings. The molecule has 5 heteroatoms. The number of rotatable bonds is 7. The highest BCUT2D eigenvalue weighted by Crippen LogP contribution is 2.03. The Bertz CT molecular complexity index is 410. The van der Waals surface area contributed by atoms with Gasteiger partial charge in [-0.05, 0) is 30.9 Å². The molecule has 0 bridgehead atoms. The summed E-state index contributed by atoms with van der Waals surface area (Å²) >= 11 is 0. The Labute approximate surface area is 107 Å². The number of hydrogen-bond acceptors (Lipinski definition) is 2. The Hall–Kier alpha value is -1.78. The van der Waals surface area contributed by atoms with E-state index in [0.29, 0.717) is 12.5 Å². The van der Waals surface area contributed by atoms with Gasteiger partial charge in [-0.3, -0.25) is 4.79 Å². The first-order valence-electron chi connectivity index (χ1n) is 6.16. The Balaban J connectivity index is 2.36. The van der Waals surface area contributed by atoms with E-state index in [9.17, 15) is 9.59 Å². The van der Waals surface area contributed by atoms with Gasteiger partial charge in [-0.25, -0.2) is 4.79 Å². The third-order valence-electron chi connectivity index (χ3n) is 2.64. The number of carbonyl (C=O) groups is 2. The second kappa shape index (κ2) is 6.83. The molecule has 18 heavy (non-hydrogen) atoms. The van der Waals surface area contributed by atoms with Crippen molar-refractivity contribution >= 4 is 11.9 Å². The lowest BCUT2D eigenvalue weighted by Gasteiger charge is -2.08. The first-order valence-corrected chi connectivity index (χ1v) is 6.16. The van der Waals surface area contributed by atoms with Gasteiger partial charge in [-0.15, -0.1) is 0 Å². The van der Waals surface area contributed by atoms with Gasteiger partial charge in [-0.1, -0.05) is 13.8 Å². The number of amides is 1. The summed E-state index contributed by atoms with van der Waals surface area (Å²) in [4.78, 5) is 22.5. The summed E-state index contributed by atoms with van der Waals surface area (Å²) in [7, 11) is 0. The minimum absolute atomic E-state index is 0.0519. The molecule has 0 atom stereocenters. The van der Waals surface area contributed by atoms with Crippen molar-refractivity contribution in [3.05, 3.63) is 24.0 Å². The molecule has 2 N–H and O–H groups in total. The first kappa shape index (κ1) is 14.3. The van der Waals surface area contributed by atoms with Crippen LogP contribution in [0.1, 0.15) is 37.2 Å². The summed E-state index contributed by atoms with van der Waals surface area (Å²) in [6, 6.07) is 3.10. The summed E-state index contributed by atoms with van der Waals surface area (Å²) in [6.45, 7) is 4.97. The van der Waals surface area contributed by atoms with Crippen molar-refractivity contribution in [3.63, 3.8) is 0 Å². The van der Waals surface area contributed by atoms with Gasteiger partial charge in [0.15, 0.2) is 0 Å². The predicted octanol–water partition coefficient (Wildman–Crippen LogP) is 1.74. The molecule has 0 saturated heterocycles. The topological polar surface area (TPSA) is 71.3 Å². The zero-order valence-corrected chi connectivity index (χ0v) is 10.8.